The van der Waals surface area contributed by atoms with Crippen molar-refractivity contribution >= 4 is 23.2 Å². The minimum Gasteiger partial charge on any atom is -0.508 e. The van der Waals surface area contributed by atoms with Gasteiger partial charge >= 0.3 is 0 Å². The second kappa shape index (κ2) is 7.45. The molecule has 0 bridgehead atoms. The van der Waals surface area contributed by atoms with Crippen LogP contribution in [0.4, 0.5) is 11.4 Å². The number of carbonyl (C=O) groups is 2. The number of benzene rings is 2. The first kappa shape index (κ1) is 18.4. The largest absolute Gasteiger partial charge is 0.508 e. The van der Waals surface area contributed by atoms with Gasteiger partial charge < -0.3 is 15.7 Å². The van der Waals surface area contributed by atoms with Crippen LogP contribution in [-0.4, -0.2) is 21.8 Å². The van der Waals surface area contributed by atoms with E-state index in [1.54, 1.807) is 24.3 Å². The number of non-ortho nitro benzene ring substituents is 1. The second-order valence-electron chi connectivity index (χ2n) is 6.64. The molecule has 3 rings (SSSR count). The molecule has 2 aromatic rings. The van der Waals surface area contributed by atoms with Gasteiger partial charge in [0.1, 0.15) is 5.75 Å². The van der Waals surface area contributed by atoms with Crippen LogP contribution in [0.2, 0.25) is 0 Å². The number of hydrogen-bond donors (Lipinski definition) is 3. The van der Waals surface area contributed by atoms with Crippen molar-refractivity contribution in [3.05, 3.63) is 63.7 Å². The van der Waals surface area contributed by atoms with Crippen LogP contribution in [-0.2, 0) is 11.3 Å². The van der Waals surface area contributed by atoms with Crippen LogP contribution in [0.5, 0.6) is 5.75 Å². The van der Waals surface area contributed by atoms with Crippen molar-refractivity contribution in [2.24, 2.45) is 11.8 Å². The summed E-state index contributed by atoms with van der Waals surface area (Å²) in [6, 6.07) is 10.1. The number of aromatic hydroxyl groups is 1. The van der Waals surface area contributed by atoms with Gasteiger partial charge in [-0.15, -0.1) is 0 Å². The molecular formula is C19H19N3O5. The SMILES string of the molecule is CC1CC1C(=O)Nc1cccc(C(=O)NCc2cc([N+](=O)[O-])ccc2O)c1. The number of amides is 2. The van der Waals surface area contributed by atoms with E-state index in [0.29, 0.717) is 17.2 Å². The minimum atomic E-state index is -0.572. The van der Waals surface area contributed by atoms with E-state index in [4.69, 9.17) is 0 Å². The van der Waals surface area contributed by atoms with Gasteiger partial charge in [-0.05, 0) is 36.6 Å². The van der Waals surface area contributed by atoms with E-state index >= 15 is 0 Å². The predicted molar refractivity (Wildman–Crippen MR) is 98.3 cm³/mol. The van der Waals surface area contributed by atoms with Crippen molar-refractivity contribution < 1.29 is 19.6 Å². The number of nitrogens with one attached hydrogen (secondary N) is 2. The molecule has 140 valence electrons. The molecule has 8 nitrogen and oxygen atoms in total. The maximum absolute atomic E-state index is 12.3. The van der Waals surface area contributed by atoms with Gasteiger partial charge in [-0.1, -0.05) is 13.0 Å². The summed E-state index contributed by atoms with van der Waals surface area (Å²) in [7, 11) is 0. The van der Waals surface area contributed by atoms with Crippen molar-refractivity contribution in [1.29, 1.82) is 0 Å². The Kier molecular flexibility index (Phi) is 5.07. The summed E-state index contributed by atoms with van der Waals surface area (Å²) in [5.74, 6) is -0.197. The number of carbonyl (C=O) groups excluding carboxylic acids is 2. The predicted octanol–water partition coefficient (Wildman–Crippen LogP) is 2.82. The van der Waals surface area contributed by atoms with Crippen LogP contribution in [0.15, 0.2) is 42.5 Å². The fourth-order valence-electron chi connectivity index (χ4n) is 2.77. The monoisotopic (exact) mass is 369 g/mol. The molecular weight excluding hydrogens is 350 g/mol. The quantitative estimate of drug-likeness (QED) is 0.534. The molecule has 8 heteroatoms. The maximum Gasteiger partial charge on any atom is 0.270 e. The highest BCUT2D eigenvalue weighted by atomic mass is 16.6. The third-order valence-corrected chi connectivity index (χ3v) is 4.55. The molecule has 1 aliphatic rings. The number of nitro groups is 1. The second-order valence-corrected chi connectivity index (χ2v) is 6.64. The van der Waals surface area contributed by atoms with E-state index in [2.05, 4.69) is 10.6 Å². The van der Waals surface area contributed by atoms with Crippen LogP contribution < -0.4 is 10.6 Å². The van der Waals surface area contributed by atoms with Crippen LogP contribution in [0, 0.1) is 22.0 Å². The summed E-state index contributed by atoms with van der Waals surface area (Å²) in [5.41, 5.74) is 0.937. The number of phenolic OH excluding ortho intramolecular Hbond substituents is 1. The smallest absolute Gasteiger partial charge is 0.270 e. The summed E-state index contributed by atoms with van der Waals surface area (Å²) in [4.78, 5) is 34.6. The van der Waals surface area contributed by atoms with Crippen molar-refractivity contribution in [2.75, 3.05) is 5.32 Å². The third kappa shape index (κ3) is 4.41. The lowest BCUT2D eigenvalue weighted by Crippen LogP contribution is -2.23. The number of nitrogens with zero attached hydrogens (tertiary/aromatic N) is 1. The van der Waals surface area contributed by atoms with E-state index in [0.717, 1.165) is 6.42 Å². The van der Waals surface area contributed by atoms with Gasteiger partial charge in [-0.25, -0.2) is 0 Å². The van der Waals surface area contributed by atoms with E-state index in [1.165, 1.54) is 18.2 Å². The highest BCUT2D eigenvalue weighted by Crippen LogP contribution is 2.38. The summed E-state index contributed by atoms with van der Waals surface area (Å²) < 4.78 is 0. The lowest BCUT2D eigenvalue weighted by atomic mass is 10.1. The summed E-state index contributed by atoms with van der Waals surface area (Å²) >= 11 is 0. The number of rotatable bonds is 6. The van der Waals surface area contributed by atoms with Gasteiger partial charge in [0.2, 0.25) is 5.91 Å². The van der Waals surface area contributed by atoms with Gasteiger partial charge in [0, 0.05) is 41.4 Å². The first-order valence-electron chi connectivity index (χ1n) is 8.50. The number of hydrogen-bond acceptors (Lipinski definition) is 5. The zero-order valence-electron chi connectivity index (χ0n) is 14.6. The fourth-order valence-corrected chi connectivity index (χ4v) is 2.77. The Morgan fingerprint density at radius 1 is 1.26 bits per heavy atom. The average Bonchev–Trinajstić information content (AvgIpc) is 3.37. The molecule has 1 saturated carbocycles. The van der Waals surface area contributed by atoms with Gasteiger partial charge in [0.05, 0.1) is 4.92 Å². The summed E-state index contributed by atoms with van der Waals surface area (Å²) in [6.45, 7) is 1.94. The fraction of sp³-hybridized carbons (Fsp3) is 0.263. The molecule has 2 atom stereocenters. The van der Waals surface area contributed by atoms with Gasteiger partial charge in [0.25, 0.3) is 11.6 Å². The lowest BCUT2D eigenvalue weighted by molar-refractivity contribution is -0.384. The Labute approximate surface area is 155 Å². The Hall–Kier alpha value is -3.42. The first-order chi connectivity index (χ1) is 12.8. The van der Waals surface area contributed by atoms with Crippen LogP contribution in [0.1, 0.15) is 29.3 Å². The molecule has 3 N–H and O–H groups in total. The normalized spacial score (nSPS) is 17.8. The molecule has 0 aliphatic heterocycles. The standard InChI is InChI=1S/C19H19N3O5/c1-11-7-16(11)19(25)21-14-4-2-3-12(8-14)18(24)20-10-13-9-15(22(26)27)5-6-17(13)23/h2-6,8-9,11,16,23H,7,10H2,1H3,(H,20,24)(H,21,25). The first-order valence-corrected chi connectivity index (χ1v) is 8.50. The topological polar surface area (TPSA) is 122 Å². The Bertz CT molecular complexity index is 912. The van der Waals surface area contributed by atoms with Crippen LogP contribution in [0.25, 0.3) is 0 Å². The van der Waals surface area contributed by atoms with Crippen molar-refractivity contribution in [3.8, 4) is 5.75 Å². The highest BCUT2D eigenvalue weighted by Gasteiger charge is 2.39. The number of nitro benzene ring substituents is 1. The molecule has 0 spiro atoms. The van der Waals surface area contributed by atoms with Gasteiger partial charge in [-0.3, -0.25) is 19.7 Å². The van der Waals surface area contributed by atoms with Crippen LogP contribution >= 0.6 is 0 Å². The van der Waals surface area contributed by atoms with Crippen molar-refractivity contribution in [3.63, 3.8) is 0 Å². The average molecular weight is 369 g/mol. The zero-order valence-corrected chi connectivity index (χ0v) is 14.6. The molecule has 27 heavy (non-hydrogen) atoms. The Balaban J connectivity index is 1.64. The molecule has 2 unspecified atom stereocenters. The van der Waals surface area contributed by atoms with Crippen molar-refractivity contribution in [2.45, 2.75) is 19.9 Å². The number of phenols is 1. The summed E-state index contributed by atoms with van der Waals surface area (Å²) in [6.07, 6.45) is 0.874. The van der Waals surface area contributed by atoms with Crippen molar-refractivity contribution in [1.82, 2.24) is 5.32 Å². The van der Waals surface area contributed by atoms with Gasteiger partial charge in [0.15, 0.2) is 0 Å². The maximum atomic E-state index is 12.3. The molecule has 2 aromatic carbocycles. The molecule has 0 saturated heterocycles. The molecule has 2 amide bonds. The number of anilines is 1. The van der Waals surface area contributed by atoms with E-state index < -0.39 is 10.8 Å². The zero-order chi connectivity index (χ0) is 19.6. The Morgan fingerprint density at radius 3 is 2.67 bits per heavy atom. The van der Waals surface area contributed by atoms with Gasteiger partial charge in [-0.2, -0.15) is 0 Å². The minimum absolute atomic E-state index is 0.0272. The molecule has 0 heterocycles. The lowest BCUT2D eigenvalue weighted by Gasteiger charge is -2.09. The molecule has 0 aromatic heterocycles. The molecule has 1 aliphatic carbocycles. The highest BCUT2D eigenvalue weighted by molar-refractivity contribution is 5.98. The Morgan fingerprint density at radius 2 is 2.00 bits per heavy atom. The van der Waals surface area contributed by atoms with Crippen LogP contribution in [0.3, 0.4) is 0 Å². The van der Waals surface area contributed by atoms with E-state index in [-0.39, 0.29) is 35.4 Å². The van der Waals surface area contributed by atoms with E-state index in [1.807, 2.05) is 6.92 Å². The van der Waals surface area contributed by atoms with E-state index in [9.17, 15) is 24.8 Å². The molecule has 1 fully saturated rings. The summed E-state index contributed by atoms with van der Waals surface area (Å²) in [5, 5.41) is 26.0. The third-order valence-electron chi connectivity index (χ3n) is 4.55. The molecule has 0 radical (unpaired) electrons.